The van der Waals surface area contributed by atoms with Crippen molar-refractivity contribution in [3.05, 3.63) is 30.0 Å². The van der Waals surface area contributed by atoms with Crippen molar-refractivity contribution in [2.45, 2.75) is 45.8 Å². The lowest BCUT2D eigenvalue weighted by Crippen LogP contribution is -2.53. The second-order valence-corrected chi connectivity index (χ2v) is 6.13. The third kappa shape index (κ3) is 2.97. The molecule has 0 radical (unpaired) electrons. The van der Waals surface area contributed by atoms with Crippen molar-refractivity contribution in [1.82, 2.24) is 14.7 Å². The standard InChI is InChI=1S/C17H27N3O/c1-6-20(7-2)17(3,4)16(21)12-14-13-10-8-9-11-15(13)19(5)18-14/h8-11,16,21H,6-7,12H2,1-5H3. The third-order valence-corrected chi connectivity index (χ3v) is 4.61. The van der Waals surface area contributed by atoms with Gasteiger partial charge in [-0.3, -0.25) is 9.58 Å². The fourth-order valence-electron chi connectivity index (χ4n) is 3.12. The largest absolute Gasteiger partial charge is 0.391 e. The average molecular weight is 289 g/mol. The first-order chi connectivity index (χ1) is 9.91. The van der Waals surface area contributed by atoms with Gasteiger partial charge in [-0.2, -0.15) is 5.10 Å². The molecule has 1 unspecified atom stereocenters. The van der Waals surface area contributed by atoms with E-state index in [2.05, 4.69) is 49.8 Å². The molecule has 0 aliphatic heterocycles. The van der Waals surface area contributed by atoms with Gasteiger partial charge >= 0.3 is 0 Å². The minimum atomic E-state index is -0.448. The molecule has 2 aromatic rings. The molecule has 0 fully saturated rings. The van der Waals surface area contributed by atoms with Gasteiger partial charge in [-0.05, 0) is 33.0 Å². The molecule has 116 valence electrons. The number of aromatic nitrogens is 2. The van der Waals surface area contributed by atoms with Crippen molar-refractivity contribution in [2.24, 2.45) is 7.05 Å². The van der Waals surface area contributed by atoms with E-state index in [1.807, 2.05) is 23.9 Å². The Bertz CT molecular complexity index is 599. The Morgan fingerprint density at radius 1 is 1.24 bits per heavy atom. The van der Waals surface area contributed by atoms with Gasteiger partial charge in [0.25, 0.3) is 0 Å². The molecule has 4 heteroatoms. The SMILES string of the molecule is CCN(CC)C(C)(C)C(O)Cc1nn(C)c2ccccc12. The Morgan fingerprint density at radius 3 is 2.48 bits per heavy atom. The van der Waals surface area contributed by atoms with E-state index < -0.39 is 6.10 Å². The number of aliphatic hydroxyl groups excluding tert-OH is 1. The number of fused-ring (bicyclic) bond motifs is 1. The van der Waals surface area contributed by atoms with Gasteiger partial charge in [0, 0.05) is 24.4 Å². The highest BCUT2D eigenvalue weighted by Crippen LogP contribution is 2.25. The Labute approximate surface area is 127 Å². The number of para-hydroxylation sites is 1. The van der Waals surface area contributed by atoms with Gasteiger partial charge in [0.2, 0.25) is 0 Å². The van der Waals surface area contributed by atoms with Crippen molar-refractivity contribution >= 4 is 10.9 Å². The van der Waals surface area contributed by atoms with E-state index in [0.29, 0.717) is 6.42 Å². The van der Waals surface area contributed by atoms with E-state index in [1.54, 1.807) is 0 Å². The fourth-order valence-corrected chi connectivity index (χ4v) is 3.12. The molecular formula is C17H27N3O. The number of rotatable bonds is 6. The van der Waals surface area contributed by atoms with Crippen LogP contribution in [0.2, 0.25) is 0 Å². The number of hydrogen-bond donors (Lipinski definition) is 1. The summed E-state index contributed by atoms with van der Waals surface area (Å²) in [5.41, 5.74) is 1.82. The van der Waals surface area contributed by atoms with E-state index >= 15 is 0 Å². The summed E-state index contributed by atoms with van der Waals surface area (Å²) >= 11 is 0. The van der Waals surface area contributed by atoms with Gasteiger partial charge in [0.05, 0.1) is 17.3 Å². The molecule has 0 aliphatic rings. The van der Waals surface area contributed by atoms with Gasteiger partial charge < -0.3 is 5.11 Å². The molecule has 1 atom stereocenters. The lowest BCUT2D eigenvalue weighted by atomic mass is 9.90. The normalized spacial score (nSPS) is 14.0. The van der Waals surface area contributed by atoms with E-state index in [1.165, 1.54) is 0 Å². The Morgan fingerprint density at radius 2 is 1.86 bits per heavy atom. The van der Waals surface area contributed by atoms with Crippen LogP contribution in [0.25, 0.3) is 10.9 Å². The molecule has 1 aromatic heterocycles. The molecule has 4 nitrogen and oxygen atoms in total. The monoisotopic (exact) mass is 289 g/mol. The van der Waals surface area contributed by atoms with E-state index in [-0.39, 0.29) is 5.54 Å². The highest BCUT2D eigenvalue weighted by Gasteiger charge is 2.33. The molecule has 21 heavy (non-hydrogen) atoms. The van der Waals surface area contributed by atoms with Crippen molar-refractivity contribution < 1.29 is 5.11 Å². The van der Waals surface area contributed by atoms with E-state index in [0.717, 1.165) is 29.7 Å². The topological polar surface area (TPSA) is 41.3 Å². The highest BCUT2D eigenvalue weighted by molar-refractivity contribution is 5.81. The van der Waals surface area contributed by atoms with Crippen LogP contribution >= 0.6 is 0 Å². The molecule has 0 saturated heterocycles. The summed E-state index contributed by atoms with van der Waals surface area (Å²) in [7, 11) is 1.95. The van der Waals surface area contributed by atoms with E-state index in [9.17, 15) is 5.11 Å². The second kappa shape index (κ2) is 6.16. The number of benzene rings is 1. The predicted molar refractivity (Wildman–Crippen MR) is 87.4 cm³/mol. The molecule has 1 N–H and O–H groups in total. The van der Waals surface area contributed by atoms with Crippen LogP contribution < -0.4 is 0 Å². The smallest absolute Gasteiger partial charge is 0.0774 e. The first-order valence-corrected chi connectivity index (χ1v) is 7.75. The van der Waals surface area contributed by atoms with Crippen LogP contribution in [-0.2, 0) is 13.5 Å². The van der Waals surface area contributed by atoms with Crippen LogP contribution in [0, 0.1) is 0 Å². The number of nitrogens with zero attached hydrogens (tertiary/aromatic N) is 3. The van der Waals surface area contributed by atoms with Crippen molar-refractivity contribution in [1.29, 1.82) is 0 Å². The molecule has 1 heterocycles. The summed E-state index contributed by atoms with van der Waals surface area (Å²) in [6, 6.07) is 8.18. The van der Waals surface area contributed by atoms with Crippen molar-refractivity contribution in [2.75, 3.05) is 13.1 Å². The summed E-state index contributed by atoms with van der Waals surface area (Å²) in [6.07, 6.45) is 0.126. The zero-order valence-electron chi connectivity index (χ0n) is 13.8. The summed E-state index contributed by atoms with van der Waals surface area (Å²) < 4.78 is 1.89. The molecule has 0 amide bonds. The van der Waals surface area contributed by atoms with Crippen LogP contribution in [-0.4, -0.2) is 44.5 Å². The summed E-state index contributed by atoms with van der Waals surface area (Å²) in [5, 5.41) is 16.5. The van der Waals surface area contributed by atoms with Crippen LogP contribution in [0.3, 0.4) is 0 Å². The zero-order chi connectivity index (χ0) is 15.6. The summed E-state index contributed by atoms with van der Waals surface area (Å²) in [6.45, 7) is 10.3. The third-order valence-electron chi connectivity index (χ3n) is 4.61. The lowest BCUT2D eigenvalue weighted by molar-refractivity contribution is -0.00453. The Hall–Kier alpha value is -1.39. The first kappa shape index (κ1) is 16.0. The summed E-state index contributed by atoms with van der Waals surface area (Å²) in [4.78, 5) is 2.29. The predicted octanol–water partition coefficient (Wildman–Crippen LogP) is 2.60. The van der Waals surface area contributed by atoms with Gasteiger partial charge in [-0.1, -0.05) is 32.0 Å². The zero-order valence-corrected chi connectivity index (χ0v) is 13.8. The molecule has 1 aromatic carbocycles. The van der Waals surface area contributed by atoms with Crippen LogP contribution in [0.15, 0.2) is 24.3 Å². The minimum Gasteiger partial charge on any atom is -0.391 e. The van der Waals surface area contributed by atoms with Crippen LogP contribution in [0.5, 0.6) is 0 Å². The maximum absolute atomic E-state index is 10.7. The number of aryl methyl sites for hydroxylation is 1. The van der Waals surface area contributed by atoms with Gasteiger partial charge in [0.15, 0.2) is 0 Å². The molecule has 0 bridgehead atoms. The molecular weight excluding hydrogens is 262 g/mol. The molecule has 0 spiro atoms. The number of hydrogen-bond acceptors (Lipinski definition) is 3. The van der Waals surface area contributed by atoms with Gasteiger partial charge in [-0.15, -0.1) is 0 Å². The number of aliphatic hydroxyl groups is 1. The minimum absolute atomic E-state index is 0.262. The Balaban J connectivity index is 2.27. The Kier molecular flexibility index (Phi) is 4.69. The quantitative estimate of drug-likeness (QED) is 0.888. The second-order valence-electron chi connectivity index (χ2n) is 6.13. The lowest BCUT2D eigenvalue weighted by Gasteiger charge is -2.40. The maximum atomic E-state index is 10.7. The molecule has 0 aliphatic carbocycles. The summed E-state index contributed by atoms with van der Waals surface area (Å²) in [5.74, 6) is 0. The van der Waals surface area contributed by atoms with Gasteiger partial charge in [-0.25, -0.2) is 0 Å². The fraction of sp³-hybridized carbons (Fsp3) is 0.588. The van der Waals surface area contributed by atoms with Gasteiger partial charge in [0.1, 0.15) is 0 Å². The van der Waals surface area contributed by atoms with Crippen LogP contribution in [0.1, 0.15) is 33.4 Å². The van der Waals surface area contributed by atoms with E-state index in [4.69, 9.17) is 0 Å². The van der Waals surface area contributed by atoms with Crippen LogP contribution in [0.4, 0.5) is 0 Å². The maximum Gasteiger partial charge on any atom is 0.0774 e. The average Bonchev–Trinajstić information content (AvgIpc) is 2.77. The first-order valence-electron chi connectivity index (χ1n) is 7.75. The molecule has 0 saturated carbocycles. The number of likely N-dealkylation sites (N-methyl/N-ethyl adjacent to an activating group) is 1. The van der Waals surface area contributed by atoms with Crippen molar-refractivity contribution in [3.63, 3.8) is 0 Å². The highest BCUT2D eigenvalue weighted by atomic mass is 16.3. The molecule has 2 rings (SSSR count). The van der Waals surface area contributed by atoms with Crippen molar-refractivity contribution in [3.8, 4) is 0 Å².